The molecule has 0 aliphatic heterocycles. The Balaban J connectivity index is 3.40. The van der Waals surface area contributed by atoms with E-state index in [-0.39, 0.29) is 0 Å². The molecule has 0 saturated heterocycles. The van der Waals surface area contributed by atoms with E-state index in [1.165, 1.54) is 0 Å². The first-order valence-corrected chi connectivity index (χ1v) is 4.51. The monoisotopic (exact) mass is 297 g/mol. The van der Waals surface area contributed by atoms with Crippen LogP contribution in [0.3, 0.4) is 0 Å². The van der Waals surface area contributed by atoms with Crippen molar-refractivity contribution in [2.75, 3.05) is 0 Å². The van der Waals surface area contributed by atoms with Crippen LogP contribution in [0.15, 0.2) is 12.1 Å². The van der Waals surface area contributed by atoms with Crippen LogP contribution in [0.5, 0.6) is 0 Å². The van der Waals surface area contributed by atoms with E-state index in [1.807, 2.05) is 0 Å². The molecule has 0 bridgehead atoms. The van der Waals surface area contributed by atoms with Crippen molar-refractivity contribution in [3.8, 4) is 0 Å². The van der Waals surface area contributed by atoms with Gasteiger partial charge in [0.2, 0.25) is 5.69 Å². The number of hydrogen-bond donors (Lipinski definition) is 0. The highest BCUT2D eigenvalue weighted by Crippen LogP contribution is 2.35. The number of halogens is 3. The molecule has 0 N–H and O–H groups in total. The molecule has 0 spiro atoms. The maximum atomic E-state index is 6.73. The van der Waals surface area contributed by atoms with Gasteiger partial charge in [-0.3, -0.25) is 0 Å². The third kappa shape index (κ3) is 1.78. The summed E-state index contributed by atoms with van der Waals surface area (Å²) >= 11 is 13.6. The molecule has 0 saturated carbocycles. The molecule has 1 aromatic rings. The van der Waals surface area contributed by atoms with Crippen molar-refractivity contribution in [1.82, 2.24) is 0 Å². The standard InChI is InChI=1S/C7H2Cl2IN/c1-11-5-3-2-4(10)6(8)7(5)9/h2-3H. The van der Waals surface area contributed by atoms with Crippen molar-refractivity contribution in [3.05, 3.63) is 37.2 Å². The summed E-state index contributed by atoms with van der Waals surface area (Å²) in [6, 6.07) is 3.42. The SMILES string of the molecule is [C-]#[N+]c1ccc(I)c(Cl)c1Cl. The van der Waals surface area contributed by atoms with Gasteiger partial charge in [0.05, 0.1) is 16.6 Å². The number of rotatable bonds is 0. The molecular weight excluding hydrogens is 296 g/mol. The van der Waals surface area contributed by atoms with E-state index >= 15 is 0 Å². The van der Waals surface area contributed by atoms with Crippen LogP contribution in [0.4, 0.5) is 5.69 Å². The molecule has 0 fully saturated rings. The third-order valence-electron chi connectivity index (χ3n) is 1.14. The average Bonchev–Trinajstić information content (AvgIpc) is 2.01. The van der Waals surface area contributed by atoms with Crippen molar-refractivity contribution in [2.45, 2.75) is 0 Å². The fourth-order valence-electron chi connectivity index (χ4n) is 0.602. The molecule has 4 heteroatoms. The molecule has 0 radical (unpaired) electrons. The Bertz CT molecular complexity index is 330. The molecule has 1 rings (SSSR count). The van der Waals surface area contributed by atoms with Crippen LogP contribution in [-0.2, 0) is 0 Å². The molecule has 0 aromatic heterocycles. The van der Waals surface area contributed by atoms with Gasteiger partial charge < -0.3 is 0 Å². The summed E-state index contributed by atoms with van der Waals surface area (Å²) < 4.78 is 0.863. The van der Waals surface area contributed by atoms with Crippen LogP contribution in [0.1, 0.15) is 0 Å². The number of benzene rings is 1. The highest BCUT2D eigenvalue weighted by molar-refractivity contribution is 14.1. The molecular formula is C7H2Cl2IN. The Morgan fingerprint density at radius 1 is 1.27 bits per heavy atom. The van der Waals surface area contributed by atoms with Gasteiger partial charge in [-0.15, -0.1) is 0 Å². The summed E-state index contributed by atoms with van der Waals surface area (Å²) in [6.07, 6.45) is 0. The minimum absolute atomic E-state index is 0.341. The van der Waals surface area contributed by atoms with Gasteiger partial charge in [0.25, 0.3) is 0 Å². The molecule has 11 heavy (non-hydrogen) atoms. The second kappa shape index (κ2) is 3.61. The van der Waals surface area contributed by atoms with Gasteiger partial charge in [0, 0.05) is 3.57 Å². The lowest BCUT2D eigenvalue weighted by Gasteiger charge is -1.99. The topological polar surface area (TPSA) is 4.36 Å². The van der Waals surface area contributed by atoms with Gasteiger partial charge in [-0.25, -0.2) is 4.85 Å². The Kier molecular flexibility index (Phi) is 2.99. The largest absolute Gasteiger partial charge is 0.237 e. The summed E-state index contributed by atoms with van der Waals surface area (Å²) in [5.41, 5.74) is 0.400. The highest BCUT2D eigenvalue weighted by Gasteiger charge is 2.06. The van der Waals surface area contributed by atoms with E-state index < -0.39 is 0 Å². The molecule has 1 nitrogen and oxygen atoms in total. The third-order valence-corrected chi connectivity index (χ3v) is 3.22. The first-order chi connectivity index (χ1) is 5.16. The van der Waals surface area contributed by atoms with Gasteiger partial charge in [-0.05, 0) is 22.6 Å². The summed E-state index contributed by atoms with van der Waals surface area (Å²) in [5.74, 6) is 0. The van der Waals surface area contributed by atoms with Crippen LogP contribution >= 0.6 is 45.8 Å². The maximum absolute atomic E-state index is 6.73. The number of nitrogens with zero attached hydrogens (tertiary/aromatic N) is 1. The zero-order valence-electron chi connectivity index (χ0n) is 5.24. The second-order valence-electron chi connectivity index (χ2n) is 1.81. The van der Waals surface area contributed by atoms with E-state index in [2.05, 4.69) is 27.4 Å². The van der Waals surface area contributed by atoms with Gasteiger partial charge in [0.1, 0.15) is 0 Å². The van der Waals surface area contributed by atoms with Crippen molar-refractivity contribution in [1.29, 1.82) is 0 Å². The van der Waals surface area contributed by atoms with Crippen molar-refractivity contribution in [2.24, 2.45) is 0 Å². The molecule has 0 amide bonds. The van der Waals surface area contributed by atoms with Crippen LogP contribution in [-0.4, -0.2) is 0 Å². The van der Waals surface area contributed by atoms with Gasteiger partial charge >= 0.3 is 0 Å². The van der Waals surface area contributed by atoms with Crippen LogP contribution < -0.4 is 0 Å². The lowest BCUT2D eigenvalue weighted by molar-refractivity contribution is 1.65. The van der Waals surface area contributed by atoms with E-state index in [1.54, 1.807) is 12.1 Å². The van der Waals surface area contributed by atoms with Crippen LogP contribution in [0.2, 0.25) is 10.0 Å². The normalized spacial score (nSPS) is 9.27. The zero-order chi connectivity index (χ0) is 8.43. The quantitative estimate of drug-likeness (QED) is 0.385. The van der Waals surface area contributed by atoms with Crippen LogP contribution in [0, 0.1) is 10.1 Å². The lowest BCUT2D eigenvalue weighted by atomic mass is 10.3. The molecule has 0 atom stereocenters. The Morgan fingerprint density at radius 2 is 1.91 bits per heavy atom. The molecule has 1 aromatic carbocycles. The first kappa shape index (κ1) is 9.11. The first-order valence-electron chi connectivity index (χ1n) is 2.67. The van der Waals surface area contributed by atoms with Crippen molar-refractivity contribution in [3.63, 3.8) is 0 Å². The van der Waals surface area contributed by atoms with Gasteiger partial charge in [-0.2, -0.15) is 0 Å². The molecule has 0 aliphatic carbocycles. The summed E-state index contributed by atoms with van der Waals surface area (Å²) in [7, 11) is 0. The zero-order valence-corrected chi connectivity index (χ0v) is 8.91. The second-order valence-corrected chi connectivity index (χ2v) is 3.72. The summed E-state index contributed by atoms with van der Waals surface area (Å²) in [6.45, 7) is 6.73. The van der Waals surface area contributed by atoms with E-state index in [4.69, 9.17) is 29.8 Å². The van der Waals surface area contributed by atoms with Crippen molar-refractivity contribution < 1.29 is 0 Å². The molecule has 0 aliphatic rings. The predicted molar refractivity (Wildman–Crippen MR) is 55.4 cm³/mol. The minimum Gasteiger partial charge on any atom is -0.237 e. The Morgan fingerprint density at radius 3 is 2.45 bits per heavy atom. The maximum Gasteiger partial charge on any atom is 0.206 e. The van der Waals surface area contributed by atoms with Crippen molar-refractivity contribution >= 4 is 51.5 Å². The molecule has 56 valence electrons. The highest BCUT2D eigenvalue weighted by atomic mass is 127. The smallest absolute Gasteiger partial charge is 0.206 e. The molecule has 0 heterocycles. The minimum atomic E-state index is 0.341. The van der Waals surface area contributed by atoms with Gasteiger partial charge in [0.15, 0.2) is 0 Å². The average molecular weight is 298 g/mol. The summed E-state index contributed by atoms with van der Waals surface area (Å²) in [4.78, 5) is 3.20. The molecule has 0 unspecified atom stereocenters. The summed E-state index contributed by atoms with van der Waals surface area (Å²) in [5, 5.41) is 0.800. The lowest BCUT2D eigenvalue weighted by Crippen LogP contribution is -1.74. The van der Waals surface area contributed by atoms with Gasteiger partial charge in [-0.1, -0.05) is 35.3 Å². The number of hydrogen-bond acceptors (Lipinski definition) is 0. The Labute approximate surface area is 88.3 Å². The van der Waals surface area contributed by atoms with E-state index in [0.717, 1.165) is 3.57 Å². The fraction of sp³-hybridized carbons (Fsp3) is 0. The fourth-order valence-corrected chi connectivity index (χ4v) is 1.58. The van der Waals surface area contributed by atoms with E-state index in [9.17, 15) is 0 Å². The van der Waals surface area contributed by atoms with E-state index in [0.29, 0.717) is 15.7 Å². The predicted octanol–water partition coefficient (Wildman–Crippen LogP) is 4.15. The Hall–Kier alpha value is 0.0200. The van der Waals surface area contributed by atoms with Crippen LogP contribution in [0.25, 0.3) is 4.85 Å².